The molecule has 0 fully saturated rings. The van der Waals surface area contributed by atoms with E-state index in [9.17, 15) is 4.79 Å². The molecule has 0 bridgehead atoms. The fraction of sp³-hybridized carbons (Fsp3) is 0.500. The molecule has 0 aromatic heterocycles. The fourth-order valence-corrected chi connectivity index (χ4v) is 1.67. The molecule has 0 saturated carbocycles. The van der Waals surface area contributed by atoms with Gasteiger partial charge < -0.3 is 14.8 Å². The van der Waals surface area contributed by atoms with Gasteiger partial charge in [-0.2, -0.15) is 0 Å². The smallest absolute Gasteiger partial charge is 0.222 e. The molecule has 0 aliphatic carbocycles. The number of amides is 1. The lowest BCUT2D eigenvalue weighted by Gasteiger charge is -2.08. The Hall–Kier alpha value is -1.55. The minimum atomic E-state index is 0.0136. The first-order valence-corrected chi connectivity index (χ1v) is 6.18. The van der Waals surface area contributed by atoms with Crippen molar-refractivity contribution in [1.29, 1.82) is 0 Å². The van der Waals surface area contributed by atoms with E-state index in [1.807, 2.05) is 18.2 Å². The second kappa shape index (κ2) is 8.53. The Morgan fingerprint density at radius 1 is 1.28 bits per heavy atom. The van der Waals surface area contributed by atoms with Gasteiger partial charge in [0.25, 0.3) is 0 Å². The summed E-state index contributed by atoms with van der Waals surface area (Å²) in [7, 11) is 3.31. The van der Waals surface area contributed by atoms with Gasteiger partial charge >= 0.3 is 0 Å². The summed E-state index contributed by atoms with van der Waals surface area (Å²) < 4.78 is 10.7. The van der Waals surface area contributed by atoms with Crippen molar-refractivity contribution in [2.45, 2.75) is 19.3 Å². The van der Waals surface area contributed by atoms with Crippen LogP contribution in [0.25, 0.3) is 0 Å². The van der Waals surface area contributed by atoms with Gasteiger partial charge in [0.05, 0.1) is 13.7 Å². The predicted octanol–water partition coefficient (Wildman–Crippen LogP) is 1.78. The van der Waals surface area contributed by atoms with Gasteiger partial charge in [0.15, 0.2) is 0 Å². The third kappa shape index (κ3) is 5.19. The summed E-state index contributed by atoms with van der Waals surface area (Å²) in [5.74, 6) is 0.933. The van der Waals surface area contributed by atoms with E-state index in [-0.39, 0.29) is 5.91 Å². The Morgan fingerprint density at radius 3 is 2.78 bits per heavy atom. The van der Waals surface area contributed by atoms with Crippen LogP contribution in [0.4, 0.5) is 0 Å². The summed E-state index contributed by atoms with van der Waals surface area (Å²) in [4.78, 5) is 10.9. The molecule has 4 nitrogen and oxygen atoms in total. The van der Waals surface area contributed by atoms with Gasteiger partial charge in [-0.15, -0.1) is 0 Å². The molecule has 0 spiro atoms. The zero-order chi connectivity index (χ0) is 13.2. The van der Waals surface area contributed by atoms with E-state index in [1.54, 1.807) is 14.2 Å². The van der Waals surface area contributed by atoms with E-state index >= 15 is 0 Å². The molecule has 100 valence electrons. The molecule has 0 aliphatic rings. The van der Waals surface area contributed by atoms with Crippen LogP contribution >= 0.6 is 0 Å². The van der Waals surface area contributed by atoms with Crippen LogP contribution < -0.4 is 10.1 Å². The minimum absolute atomic E-state index is 0.0136. The van der Waals surface area contributed by atoms with Crippen molar-refractivity contribution in [3.05, 3.63) is 29.8 Å². The Balaban J connectivity index is 2.16. The number of nitrogens with one attached hydrogen (secondary N) is 1. The second-order valence-corrected chi connectivity index (χ2v) is 3.95. The Bertz CT molecular complexity index is 366. The molecule has 0 aliphatic heterocycles. The van der Waals surface area contributed by atoms with E-state index in [1.165, 1.54) is 5.56 Å². The molecule has 0 saturated heterocycles. The maximum absolute atomic E-state index is 10.9. The maximum Gasteiger partial charge on any atom is 0.222 e. The van der Waals surface area contributed by atoms with E-state index in [0.717, 1.165) is 18.6 Å². The van der Waals surface area contributed by atoms with Gasteiger partial charge in [0.2, 0.25) is 5.91 Å². The van der Waals surface area contributed by atoms with Crippen molar-refractivity contribution in [2.75, 3.05) is 27.4 Å². The predicted molar refractivity (Wildman–Crippen MR) is 70.8 cm³/mol. The van der Waals surface area contributed by atoms with Gasteiger partial charge in [-0.3, -0.25) is 4.79 Å². The highest BCUT2D eigenvalue weighted by atomic mass is 16.5. The fourth-order valence-electron chi connectivity index (χ4n) is 1.67. The molecule has 0 unspecified atom stereocenters. The molecule has 1 N–H and O–H groups in total. The number of rotatable bonds is 8. The summed E-state index contributed by atoms with van der Waals surface area (Å²) in [6.07, 6.45) is 2.27. The Labute approximate surface area is 108 Å². The number of carbonyl (C=O) groups excluding carboxylic acids is 1. The molecule has 0 heterocycles. The number of ether oxygens (including phenoxy) is 2. The van der Waals surface area contributed by atoms with E-state index < -0.39 is 0 Å². The number of para-hydroxylation sites is 1. The number of benzene rings is 1. The summed E-state index contributed by atoms with van der Waals surface area (Å²) in [6.45, 7) is 1.14. The van der Waals surface area contributed by atoms with Crippen LogP contribution in [0.3, 0.4) is 0 Å². The average Bonchev–Trinajstić information content (AvgIpc) is 2.42. The highest BCUT2D eigenvalue weighted by molar-refractivity contribution is 5.75. The lowest BCUT2D eigenvalue weighted by atomic mass is 10.1. The van der Waals surface area contributed by atoms with Crippen LogP contribution in [0.2, 0.25) is 0 Å². The van der Waals surface area contributed by atoms with Crippen molar-refractivity contribution in [3.8, 4) is 5.75 Å². The van der Waals surface area contributed by atoms with Crippen LogP contribution in [0.15, 0.2) is 24.3 Å². The third-order valence-corrected chi connectivity index (χ3v) is 2.68. The number of hydrogen-bond acceptors (Lipinski definition) is 3. The first-order chi connectivity index (χ1) is 8.77. The van der Waals surface area contributed by atoms with Crippen molar-refractivity contribution < 1.29 is 14.3 Å². The SMILES string of the molecule is CNC(=O)CCOCCCc1ccccc1OC. The Morgan fingerprint density at radius 2 is 2.06 bits per heavy atom. The molecule has 0 radical (unpaired) electrons. The number of aryl methyl sites for hydroxylation is 1. The average molecular weight is 251 g/mol. The lowest BCUT2D eigenvalue weighted by molar-refractivity contribution is -0.121. The lowest BCUT2D eigenvalue weighted by Crippen LogP contribution is -2.19. The standard InChI is InChI=1S/C14H21NO3/c1-15-14(16)9-11-18-10-5-7-12-6-3-4-8-13(12)17-2/h3-4,6,8H,5,7,9-11H2,1-2H3,(H,15,16). The maximum atomic E-state index is 10.9. The van der Waals surface area contributed by atoms with Gasteiger partial charge in [-0.25, -0.2) is 0 Å². The van der Waals surface area contributed by atoms with E-state index in [4.69, 9.17) is 9.47 Å². The number of carbonyl (C=O) groups is 1. The zero-order valence-corrected chi connectivity index (χ0v) is 11.1. The molecule has 4 heteroatoms. The Kier molecular flexibility index (Phi) is 6.87. The third-order valence-electron chi connectivity index (χ3n) is 2.68. The number of hydrogen-bond donors (Lipinski definition) is 1. The van der Waals surface area contributed by atoms with Gasteiger partial charge in [0.1, 0.15) is 5.75 Å². The van der Waals surface area contributed by atoms with Crippen molar-refractivity contribution in [1.82, 2.24) is 5.32 Å². The quantitative estimate of drug-likeness (QED) is 0.716. The summed E-state index contributed by atoms with van der Waals surface area (Å²) in [6, 6.07) is 7.98. The van der Waals surface area contributed by atoms with Gasteiger partial charge in [0, 0.05) is 20.1 Å². The molecule has 0 atom stereocenters. The van der Waals surface area contributed by atoms with Crippen molar-refractivity contribution >= 4 is 5.91 Å². The monoisotopic (exact) mass is 251 g/mol. The molecular formula is C14H21NO3. The van der Waals surface area contributed by atoms with Crippen molar-refractivity contribution in [3.63, 3.8) is 0 Å². The highest BCUT2D eigenvalue weighted by Gasteiger charge is 2.01. The largest absolute Gasteiger partial charge is 0.496 e. The van der Waals surface area contributed by atoms with E-state index in [0.29, 0.717) is 19.6 Å². The summed E-state index contributed by atoms with van der Waals surface area (Å²) in [5.41, 5.74) is 1.19. The number of methoxy groups -OCH3 is 1. The van der Waals surface area contributed by atoms with Crippen LogP contribution in [-0.2, 0) is 16.0 Å². The molecule has 1 aromatic carbocycles. The zero-order valence-electron chi connectivity index (χ0n) is 11.1. The summed E-state index contributed by atoms with van der Waals surface area (Å²) >= 11 is 0. The highest BCUT2D eigenvalue weighted by Crippen LogP contribution is 2.18. The van der Waals surface area contributed by atoms with Crippen LogP contribution in [0, 0.1) is 0 Å². The minimum Gasteiger partial charge on any atom is -0.496 e. The molecule has 18 heavy (non-hydrogen) atoms. The molecule has 1 amide bonds. The topological polar surface area (TPSA) is 47.6 Å². The van der Waals surface area contributed by atoms with Crippen molar-refractivity contribution in [2.24, 2.45) is 0 Å². The normalized spacial score (nSPS) is 10.1. The van der Waals surface area contributed by atoms with Crippen LogP contribution in [0.1, 0.15) is 18.4 Å². The molecule has 1 rings (SSSR count). The van der Waals surface area contributed by atoms with Crippen LogP contribution in [0.5, 0.6) is 5.75 Å². The van der Waals surface area contributed by atoms with Gasteiger partial charge in [-0.1, -0.05) is 18.2 Å². The van der Waals surface area contributed by atoms with E-state index in [2.05, 4.69) is 11.4 Å². The summed E-state index contributed by atoms with van der Waals surface area (Å²) in [5, 5.41) is 2.56. The first-order valence-electron chi connectivity index (χ1n) is 6.18. The first kappa shape index (κ1) is 14.5. The van der Waals surface area contributed by atoms with Gasteiger partial charge in [-0.05, 0) is 24.5 Å². The second-order valence-electron chi connectivity index (χ2n) is 3.95. The molecule has 1 aromatic rings. The molecular weight excluding hydrogens is 230 g/mol. The van der Waals surface area contributed by atoms with Crippen LogP contribution in [-0.4, -0.2) is 33.3 Å².